The van der Waals surface area contributed by atoms with Crippen LogP contribution in [0.2, 0.25) is 0 Å². The van der Waals surface area contributed by atoms with Gasteiger partial charge in [-0.05, 0) is 48.5 Å². The summed E-state index contributed by atoms with van der Waals surface area (Å²) in [6.07, 6.45) is -5.20. The number of fused-ring (bicyclic) bond motifs is 6. The van der Waals surface area contributed by atoms with Gasteiger partial charge in [-0.3, -0.25) is 19.2 Å². The van der Waals surface area contributed by atoms with Crippen molar-refractivity contribution in [2.45, 2.75) is 31.5 Å². The zero-order valence-electron chi connectivity index (χ0n) is 24.2. The Morgan fingerprint density at radius 1 is 1.09 bits per heavy atom. The van der Waals surface area contributed by atoms with Gasteiger partial charge in [0.15, 0.2) is 17.2 Å². The lowest BCUT2D eigenvalue weighted by molar-refractivity contribution is -0.140. The minimum atomic E-state index is -4.65. The molecule has 44 heavy (non-hydrogen) atoms. The fraction of sp³-hybridized carbons (Fsp3) is 0.367. The van der Waals surface area contributed by atoms with E-state index in [1.807, 2.05) is 54.4 Å². The Bertz CT molecular complexity index is 1720. The van der Waals surface area contributed by atoms with E-state index < -0.39 is 29.9 Å². The molecule has 14 heteroatoms. The normalized spacial score (nSPS) is 19.9. The van der Waals surface area contributed by atoms with E-state index in [1.54, 1.807) is 7.11 Å². The van der Waals surface area contributed by atoms with Gasteiger partial charge < -0.3 is 24.4 Å². The number of hydrogen-bond donors (Lipinski definition) is 1. The summed E-state index contributed by atoms with van der Waals surface area (Å²) in [7, 11) is 4.80. The number of benzene rings is 2. The first-order valence-electron chi connectivity index (χ1n) is 13.8. The Morgan fingerprint density at radius 2 is 1.91 bits per heavy atom. The lowest BCUT2D eigenvalue weighted by Gasteiger charge is -2.23. The number of methoxy groups -OCH3 is 1. The van der Waals surface area contributed by atoms with E-state index in [-0.39, 0.29) is 47.2 Å². The Hall–Kier alpha value is -4.14. The average molecular weight is 630 g/mol. The number of amides is 2. The highest BCUT2D eigenvalue weighted by Gasteiger charge is 2.40. The zero-order valence-corrected chi connectivity index (χ0v) is 25.0. The molecule has 2 amide bonds. The van der Waals surface area contributed by atoms with Crippen LogP contribution in [0, 0.1) is 0 Å². The highest BCUT2D eigenvalue weighted by molar-refractivity contribution is 7.20. The first-order chi connectivity index (χ1) is 21.0. The second kappa shape index (κ2) is 11.7. The standard InChI is InChI=1S/C30H30F3N5O5S/c1-36-12-17-7-8-22(41-3)23(10-17)43-19-6-4-5-18(9-19)16-42-24-14-38(13-21(24)34-26(39)15-36)28(40)25-11-20-27(30(31,32)33)35-37(2)29(20)44-25/h4-11,21,24H,12-16H2,1-3H3,(H,34,39)/t21-,24-/m0/s1. The molecule has 2 aromatic carbocycles. The highest BCUT2D eigenvalue weighted by atomic mass is 32.1. The van der Waals surface area contributed by atoms with Crippen LogP contribution < -0.4 is 14.8 Å². The molecule has 2 aliphatic heterocycles. The molecule has 6 rings (SSSR count). The molecule has 4 aromatic rings. The van der Waals surface area contributed by atoms with Crippen molar-refractivity contribution in [3.05, 3.63) is 70.2 Å². The third kappa shape index (κ3) is 6.10. The van der Waals surface area contributed by atoms with Crippen LogP contribution in [0.15, 0.2) is 48.5 Å². The molecule has 0 radical (unpaired) electrons. The third-order valence-electron chi connectivity index (χ3n) is 7.57. The molecular formula is C30H30F3N5O5S. The molecular weight excluding hydrogens is 599 g/mol. The largest absolute Gasteiger partial charge is 0.493 e. The fourth-order valence-corrected chi connectivity index (χ4v) is 6.59. The molecule has 4 bridgehead atoms. The number of halogens is 3. The molecule has 2 atom stereocenters. The van der Waals surface area contributed by atoms with Crippen LogP contribution in [0.25, 0.3) is 10.2 Å². The van der Waals surface area contributed by atoms with E-state index >= 15 is 0 Å². The van der Waals surface area contributed by atoms with Crippen LogP contribution in [0.4, 0.5) is 13.2 Å². The summed E-state index contributed by atoms with van der Waals surface area (Å²) >= 11 is 0.953. The van der Waals surface area contributed by atoms with E-state index in [4.69, 9.17) is 14.2 Å². The molecule has 1 fully saturated rings. The first-order valence-corrected chi connectivity index (χ1v) is 14.7. The third-order valence-corrected chi connectivity index (χ3v) is 8.76. The predicted octanol–water partition coefficient (Wildman–Crippen LogP) is 4.43. The van der Waals surface area contributed by atoms with E-state index in [2.05, 4.69) is 10.4 Å². The minimum Gasteiger partial charge on any atom is -0.493 e. The van der Waals surface area contributed by atoms with Crippen LogP contribution in [-0.4, -0.2) is 77.3 Å². The van der Waals surface area contributed by atoms with Crippen molar-refractivity contribution in [1.82, 2.24) is 24.9 Å². The number of hydrogen-bond acceptors (Lipinski definition) is 8. The number of carbonyl (C=O) groups is 2. The second-order valence-electron chi connectivity index (χ2n) is 10.9. The van der Waals surface area contributed by atoms with Gasteiger partial charge in [0, 0.05) is 32.1 Å². The van der Waals surface area contributed by atoms with Crippen LogP contribution in [-0.2, 0) is 35.9 Å². The maximum absolute atomic E-state index is 13.6. The molecule has 0 unspecified atom stereocenters. The van der Waals surface area contributed by atoms with Gasteiger partial charge in [0.25, 0.3) is 5.91 Å². The molecule has 1 N–H and O–H groups in total. The van der Waals surface area contributed by atoms with Gasteiger partial charge in [-0.25, -0.2) is 0 Å². The number of likely N-dealkylation sites (N-methyl/N-ethyl adjacent to an activating group) is 1. The molecule has 4 heterocycles. The molecule has 10 nitrogen and oxygen atoms in total. The fourth-order valence-electron chi connectivity index (χ4n) is 5.55. The van der Waals surface area contributed by atoms with Crippen molar-refractivity contribution in [1.29, 1.82) is 0 Å². The topological polar surface area (TPSA) is 98.2 Å². The van der Waals surface area contributed by atoms with E-state index in [1.165, 1.54) is 18.0 Å². The van der Waals surface area contributed by atoms with Gasteiger partial charge in [-0.15, -0.1) is 11.3 Å². The quantitative estimate of drug-likeness (QED) is 0.351. The maximum atomic E-state index is 13.6. The SMILES string of the molecule is COc1ccc2cc1Oc1cccc(c1)CO[C@H]1CN(C(=O)c3cc4c(C(F)(F)F)nn(C)c4s3)C[C@@H]1NC(=O)CN(C)C2. The van der Waals surface area contributed by atoms with Crippen molar-refractivity contribution < 1.29 is 37.0 Å². The van der Waals surface area contributed by atoms with E-state index in [9.17, 15) is 22.8 Å². The van der Waals surface area contributed by atoms with Crippen molar-refractivity contribution >= 4 is 33.4 Å². The van der Waals surface area contributed by atoms with Crippen molar-refractivity contribution in [3.8, 4) is 17.2 Å². The molecule has 2 aliphatic rings. The number of alkyl halides is 3. The molecule has 0 saturated carbocycles. The first kappa shape index (κ1) is 29.9. The number of nitrogens with zero attached hydrogens (tertiary/aromatic N) is 4. The smallest absolute Gasteiger partial charge is 0.435 e. The summed E-state index contributed by atoms with van der Waals surface area (Å²) in [6.45, 7) is 1.02. The summed E-state index contributed by atoms with van der Waals surface area (Å²) in [5.74, 6) is 1.02. The van der Waals surface area contributed by atoms with Crippen LogP contribution in [0.5, 0.6) is 17.2 Å². The number of likely N-dealkylation sites (tertiary alicyclic amines) is 1. The van der Waals surface area contributed by atoms with Crippen molar-refractivity contribution in [3.63, 3.8) is 0 Å². The molecule has 0 aliphatic carbocycles. The lowest BCUT2D eigenvalue weighted by atomic mass is 10.1. The van der Waals surface area contributed by atoms with Crippen LogP contribution in [0.1, 0.15) is 26.5 Å². The summed E-state index contributed by atoms with van der Waals surface area (Å²) < 4.78 is 59.6. The summed E-state index contributed by atoms with van der Waals surface area (Å²) in [5.41, 5.74) is 0.712. The summed E-state index contributed by atoms with van der Waals surface area (Å²) in [6, 6.07) is 13.7. The van der Waals surface area contributed by atoms with Gasteiger partial charge in [-0.1, -0.05) is 18.2 Å². The van der Waals surface area contributed by atoms with Crippen molar-refractivity contribution in [2.24, 2.45) is 7.05 Å². The highest BCUT2D eigenvalue weighted by Crippen LogP contribution is 2.38. The Morgan fingerprint density at radius 3 is 2.68 bits per heavy atom. The lowest BCUT2D eigenvalue weighted by Crippen LogP contribution is -2.47. The number of rotatable bonds is 2. The van der Waals surface area contributed by atoms with Gasteiger partial charge in [0.2, 0.25) is 5.91 Å². The number of carbonyl (C=O) groups excluding carboxylic acids is 2. The van der Waals surface area contributed by atoms with E-state index in [0.717, 1.165) is 27.1 Å². The number of aryl methyl sites for hydroxylation is 1. The molecule has 0 spiro atoms. The molecule has 232 valence electrons. The van der Waals surface area contributed by atoms with E-state index in [0.29, 0.717) is 23.8 Å². The predicted molar refractivity (Wildman–Crippen MR) is 156 cm³/mol. The monoisotopic (exact) mass is 629 g/mol. The van der Waals surface area contributed by atoms with Gasteiger partial charge in [-0.2, -0.15) is 18.3 Å². The van der Waals surface area contributed by atoms with Gasteiger partial charge in [0.05, 0.1) is 37.3 Å². The van der Waals surface area contributed by atoms with Crippen LogP contribution >= 0.6 is 11.3 Å². The number of ether oxygens (including phenoxy) is 3. The summed E-state index contributed by atoms with van der Waals surface area (Å²) in [4.78, 5) is 30.4. The number of thiophene rings is 1. The van der Waals surface area contributed by atoms with Crippen LogP contribution in [0.3, 0.4) is 0 Å². The number of nitrogens with one attached hydrogen (secondary N) is 1. The maximum Gasteiger partial charge on any atom is 0.435 e. The minimum absolute atomic E-state index is 0.0853. The Balaban J connectivity index is 1.26. The van der Waals surface area contributed by atoms with Gasteiger partial charge >= 0.3 is 6.18 Å². The Labute approximate surface area is 254 Å². The summed E-state index contributed by atoms with van der Waals surface area (Å²) in [5, 5.41) is 6.49. The van der Waals surface area contributed by atoms with Crippen molar-refractivity contribution in [2.75, 3.05) is 33.8 Å². The molecule has 1 saturated heterocycles. The zero-order chi connectivity index (χ0) is 31.2. The second-order valence-corrected chi connectivity index (χ2v) is 12.0. The number of aromatic nitrogens is 2. The average Bonchev–Trinajstić information content (AvgIpc) is 3.66. The molecule has 2 aromatic heterocycles. The van der Waals surface area contributed by atoms with Gasteiger partial charge in [0.1, 0.15) is 10.6 Å². The Kier molecular flexibility index (Phi) is 7.99.